The maximum absolute atomic E-state index is 5.88. The van der Waals surface area contributed by atoms with E-state index in [9.17, 15) is 0 Å². The van der Waals surface area contributed by atoms with Crippen molar-refractivity contribution in [3.8, 4) is 0 Å². The van der Waals surface area contributed by atoms with Crippen LogP contribution in [0, 0.1) is 23.7 Å². The highest BCUT2D eigenvalue weighted by molar-refractivity contribution is 4.86. The first-order valence-electron chi connectivity index (χ1n) is 6.27. The van der Waals surface area contributed by atoms with Crippen molar-refractivity contribution in [1.29, 1.82) is 0 Å². The molecular weight excluding hydrogens is 188 g/mol. The first kappa shape index (κ1) is 11.4. The first-order valence-corrected chi connectivity index (χ1v) is 6.27. The average Bonchev–Trinajstić information content (AvgIpc) is 2.52. The van der Waals surface area contributed by atoms with Crippen LogP contribution in [0.15, 0.2) is 0 Å². The van der Waals surface area contributed by atoms with Crippen LogP contribution in [0.4, 0.5) is 0 Å². The maximum Gasteiger partial charge on any atom is 0.162 e. The van der Waals surface area contributed by atoms with E-state index in [1.165, 1.54) is 12.8 Å². The average molecular weight is 212 g/mol. The standard InChI is InChI=1S/C13H24O2/c1-9-5-6-11-10(2)7-14-13(3,4)15-8-12(9)11/h9-12H,5-8H2,1-4H3/t9-,10-,11-,12+/m0/s1. The van der Waals surface area contributed by atoms with Gasteiger partial charge in [-0.1, -0.05) is 20.3 Å². The van der Waals surface area contributed by atoms with Crippen molar-refractivity contribution in [3.63, 3.8) is 0 Å². The Hall–Kier alpha value is -0.0800. The summed E-state index contributed by atoms with van der Waals surface area (Å²) in [6.45, 7) is 10.5. The second kappa shape index (κ2) is 4.06. The van der Waals surface area contributed by atoms with Crippen molar-refractivity contribution < 1.29 is 9.47 Å². The van der Waals surface area contributed by atoms with E-state index in [2.05, 4.69) is 13.8 Å². The molecule has 0 radical (unpaired) electrons. The number of rotatable bonds is 0. The molecule has 1 saturated heterocycles. The zero-order valence-electron chi connectivity index (χ0n) is 10.5. The highest BCUT2D eigenvalue weighted by Gasteiger charge is 2.40. The van der Waals surface area contributed by atoms with Gasteiger partial charge in [0.15, 0.2) is 5.79 Å². The molecule has 2 heteroatoms. The lowest BCUT2D eigenvalue weighted by Gasteiger charge is -2.37. The van der Waals surface area contributed by atoms with E-state index in [-0.39, 0.29) is 5.79 Å². The Morgan fingerprint density at radius 1 is 0.867 bits per heavy atom. The summed E-state index contributed by atoms with van der Waals surface area (Å²) in [5.74, 6) is 2.69. The molecule has 0 spiro atoms. The van der Waals surface area contributed by atoms with Gasteiger partial charge >= 0.3 is 0 Å². The van der Waals surface area contributed by atoms with Crippen molar-refractivity contribution in [2.45, 2.75) is 46.3 Å². The Morgan fingerprint density at radius 3 is 2.27 bits per heavy atom. The summed E-state index contributed by atoms with van der Waals surface area (Å²) in [6.07, 6.45) is 2.73. The molecule has 2 fully saturated rings. The molecule has 0 unspecified atom stereocenters. The molecule has 0 amide bonds. The van der Waals surface area contributed by atoms with Crippen molar-refractivity contribution >= 4 is 0 Å². The monoisotopic (exact) mass is 212 g/mol. The third-order valence-corrected chi connectivity index (χ3v) is 4.28. The highest BCUT2D eigenvalue weighted by Crippen LogP contribution is 2.43. The molecule has 1 saturated carbocycles. The van der Waals surface area contributed by atoms with Crippen molar-refractivity contribution in [3.05, 3.63) is 0 Å². The van der Waals surface area contributed by atoms with Gasteiger partial charge in [-0.3, -0.25) is 0 Å². The number of fused-ring (bicyclic) bond motifs is 1. The second-order valence-electron chi connectivity index (χ2n) is 5.88. The molecular formula is C13H24O2. The van der Waals surface area contributed by atoms with Gasteiger partial charge in [0, 0.05) is 0 Å². The zero-order chi connectivity index (χ0) is 11.1. The van der Waals surface area contributed by atoms with Crippen LogP contribution in [0.5, 0.6) is 0 Å². The van der Waals surface area contributed by atoms with Crippen LogP contribution in [0.3, 0.4) is 0 Å². The molecule has 0 N–H and O–H groups in total. The van der Waals surface area contributed by atoms with E-state index in [1.54, 1.807) is 0 Å². The summed E-state index contributed by atoms with van der Waals surface area (Å²) >= 11 is 0. The van der Waals surface area contributed by atoms with Gasteiger partial charge in [-0.25, -0.2) is 0 Å². The van der Waals surface area contributed by atoms with Crippen LogP contribution >= 0.6 is 0 Å². The summed E-state index contributed by atoms with van der Waals surface area (Å²) in [4.78, 5) is 0. The Kier molecular flexibility index (Phi) is 3.09. The number of hydrogen-bond acceptors (Lipinski definition) is 2. The van der Waals surface area contributed by atoms with Gasteiger partial charge in [-0.2, -0.15) is 0 Å². The molecule has 0 aromatic carbocycles. The smallest absolute Gasteiger partial charge is 0.162 e. The molecule has 88 valence electrons. The minimum Gasteiger partial charge on any atom is -0.350 e. The fraction of sp³-hybridized carbons (Fsp3) is 1.00. The van der Waals surface area contributed by atoms with E-state index in [1.807, 2.05) is 13.8 Å². The first-order chi connectivity index (χ1) is 6.99. The molecule has 0 aromatic heterocycles. The van der Waals surface area contributed by atoms with E-state index in [0.29, 0.717) is 5.92 Å². The molecule has 1 aliphatic carbocycles. The summed E-state index contributed by atoms with van der Waals surface area (Å²) in [7, 11) is 0. The van der Waals surface area contributed by atoms with Crippen LogP contribution in [-0.4, -0.2) is 19.0 Å². The van der Waals surface area contributed by atoms with Crippen LogP contribution in [0.1, 0.15) is 40.5 Å². The lowest BCUT2D eigenvalue weighted by Crippen LogP contribution is -2.39. The predicted molar refractivity (Wildman–Crippen MR) is 60.5 cm³/mol. The van der Waals surface area contributed by atoms with Crippen molar-refractivity contribution in [2.75, 3.05) is 13.2 Å². The van der Waals surface area contributed by atoms with Crippen molar-refractivity contribution in [1.82, 2.24) is 0 Å². The van der Waals surface area contributed by atoms with Gasteiger partial charge < -0.3 is 9.47 Å². The minimum atomic E-state index is -0.387. The summed E-state index contributed by atoms with van der Waals surface area (Å²) in [5.41, 5.74) is 0. The third-order valence-electron chi connectivity index (χ3n) is 4.28. The largest absolute Gasteiger partial charge is 0.350 e. The summed E-state index contributed by atoms with van der Waals surface area (Å²) in [5, 5.41) is 0. The molecule has 4 atom stereocenters. The van der Waals surface area contributed by atoms with E-state index in [4.69, 9.17) is 9.47 Å². The molecule has 2 rings (SSSR count). The van der Waals surface area contributed by atoms with E-state index >= 15 is 0 Å². The summed E-state index contributed by atoms with van der Waals surface area (Å²) < 4.78 is 11.7. The highest BCUT2D eigenvalue weighted by atomic mass is 16.7. The number of hydrogen-bond donors (Lipinski definition) is 0. The SMILES string of the molecule is C[C@H]1COC(C)(C)OC[C@H]2[C@H]1CC[C@@H]2C. The zero-order valence-corrected chi connectivity index (χ0v) is 10.5. The molecule has 2 aliphatic rings. The van der Waals surface area contributed by atoms with Gasteiger partial charge in [0.2, 0.25) is 0 Å². The number of ether oxygens (including phenoxy) is 2. The lowest BCUT2D eigenvalue weighted by atomic mass is 9.82. The molecule has 2 nitrogen and oxygen atoms in total. The van der Waals surface area contributed by atoms with Gasteiger partial charge in [-0.05, 0) is 43.9 Å². The Bertz CT molecular complexity index is 225. The fourth-order valence-electron chi connectivity index (χ4n) is 3.09. The molecule has 0 aromatic rings. The minimum absolute atomic E-state index is 0.387. The molecule has 1 aliphatic heterocycles. The normalized spacial score (nSPS) is 45.6. The maximum atomic E-state index is 5.88. The van der Waals surface area contributed by atoms with Gasteiger partial charge in [-0.15, -0.1) is 0 Å². The van der Waals surface area contributed by atoms with Crippen molar-refractivity contribution in [2.24, 2.45) is 23.7 Å². The second-order valence-corrected chi connectivity index (χ2v) is 5.88. The van der Waals surface area contributed by atoms with Gasteiger partial charge in [0.05, 0.1) is 13.2 Å². The fourth-order valence-corrected chi connectivity index (χ4v) is 3.09. The van der Waals surface area contributed by atoms with E-state index < -0.39 is 0 Å². The third kappa shape index (κ3) is 2.36. The van der Waals surface area contributed by atoms with Crippen LogP contribution in [-0.2, 0) is 9.47 Å². The predicted octanol–water partition coefficient (Wildman–Crippen LogP) is 3.07. The summed E-state index contributed by atoms with van der Waals surface area (Å²) in [6, 6.07) is 0. The quantitative estimate of drug-likeness (QED) is 0.614. The topological polar surface area (TPSA) is 18.5 Å². The Labute approximate surface area is 93.3 Å². The Balaban J connectivity index is 2.08. The molecule has 15 heavy (non-hydrogen) atoms. The van der Waals surface area contributed by atoms with Crippen LogP contribution < -0.4 is 0 Å². The molecule has 1 heterocycles. The lowest BCUT2D eigenvalue weighted by molar-refractivity contribution is -0.242. The van der Waals surface area contributed by atoms with Gasteiger partial charge in [0.1, 0.15) is 0 Å². The molecule has 0 bridgehead atoms. The van der Waals surface area contributed by atoms with Crippen LogP contribution in [0.25, 0.3) is 0 Å². The van der Waals surface area contributed by atoms with E-state index in [0.717, 1.165) is 31.0 Å². The van der Waals surface area contributed by atoms with Gasteiger partial charge in [0.25, 0.3) is 0 Å². The Morgan fingerprint density at radius 2 is 1.53 bits per heavy atom. The van der Waals surface area contributed by atoms with Crippen LogP contribution in [0.2, 0.25) is 0 Å².